The number of rotatable bonds is 7. The Hall–Kier alpha value is -2.95. The molecule has 2 N–H and O–H groups in total. The van der Waals surface area contributed by atoms with E-state index >= 15 is 0 Å². The standard InChI is InChI=1S/C21H23ClN6O3S/c22-16-7-8-20(28-15-23-14-25-28)19(11-16)26-21(29)13-24-17-5-4-6-18(12-17)32(30,31)27-9-2-1-3-10-27/h4-8,11-12,14-15,24H,1-3,9-10,13H2,(H,26,29). The van der Waals surface area contributed by atoms with Gasteiger partial charge in [0.15, 0.2) is 0 Å². The molecular formula is C21H23ClN6O3S. The first-order valence-electron chi connectivity index (χ1n) is 10.2. The molecule has 0 atom stereocenters. The number of carbonyl (C=O) groups is 1. The van der Waals surface area contributed by atoms with Gasteiger partial charge in [0.05, 0.1) is 22.8 Å². The van der Waals surface area contributed by atoms with Crippen LogP contribution in [0.4, 0.5) is 11.4 Å². The van der Waals surface area contributed by atoms with Gasteiger partial charge in [0.25, 0.3) is 0 Å². The molecule has 0 aliphatic carbocycles. The molecule has 1 fully saturated rings. The number of nitrogens with zero attached hydrogens (tertiary/aromatic N) is 4. The lowest BCUT2D eigenvalue weighted by molar-refractivity contribution is -0.114. The number of aromatic nitrogens is 3. The summed E-state index contributed by atoms with van der Waals surface area (Å²) in [5, 5.41) is 10.3. The van der Waals surface area contributed by atoms with Crippen LogP contribution in [0.15, 0.2) is 60.0 Å². The van der Waals surface area contributed by atoms with Crippen LogP contribution < -0.4 is 10.6 Å². The number of sulfonamides is 1. The maximum Gasteiger partial charge on any atom is 0.243 e. The van der Waals surface area contributed by atoms with Gasteiger partial charge < -0.3 is 10.6 Å². The number of hydrogen-bond donors (Lipinski definition) is 2. The van der Waals surface area contributed by atoms with E-state index < -0.39 is 10.0 Å². The van der Waals surface area contributed by atoms with E-state index in [1.165, 1.54) is 21.6 Å². The second-order valence-electron chi connectivity index (χ2n) is 7.40. The average Bonchev–Trinajstić information content (AvgIpc) is 3.33. The molecule has 1 amide bonds. The summed E-state index contributed by atoms with van der Waals surface area (Å²) in [7, 11) is -3.54. The zero-order chi connectivity index (χ0) is 22.6. The summed E-state index contributed by atoms with van der Waals surface area (Å²) in [6.07, 6.45) is 5.71. The van der Waals surface area contributed by atoms with Crippen LogP contribution in [-0.4, -0.2) is 53.0 Å². The number of piperidine rings is 1. The van der Waals surface area contributed by atoms with Crippen molar-refractivity contribution in [1.82, 2.24) is 19.1 Å². The van der Waals surface area contributed by atoms with Crippen molar-refractivity contribution in [2.45, 2.75) is 24.2 Å². The topological polar surface area (TPSA) is 109 Å². The van der Waals surface area contributed by atoms with Crippen molar-refractivity contribution in [3.8, 4) is 5.69 Å². The van der Waals surface area contributed by atoms with E-state index in [2.05, 4.69) is 20.7 Å². The number of anilines is 2. The van der Waals surface area contributed by atoms with Crippen LogP contribution in [0, 0.1) is 0 Å². The zero-order valence-electron chi connectivity index (χ0n) is 17.2. The summed E-state index contributed by atoms with van der Waals surface area (Å²) in [4.78, 5) is 16.7. The van der Waals surface area contributed by atoms with Crippen molar-refractivity contribution in [3.05, 3.63) is 60.1 Å². The predicted octanol–water partition coefficient (Wildman–Crippen LogP) is 3.15. The fourth-order valence-electron chi connectivity index (χ4n) is 3.54. The maximum atomic E-state index is 12.9. The van der Waals surface area contributed by atoms with Gasteiger partial charge in [-0.25, -0.2) is 18.1 Å². The fraction of sp³-hybridized carbons (Fsp3) is 0.286. The Morgan fingerprint density at radius 2 is 1.91 bits per heavy atom. The number of halogens is 1. The first kappa shape index (κ1) is 22.3. The molecule has 11 heteroatoms. The van der Waals surface area contributed by atoms with Gasteiger partial charge in [-0.05, 0) is 49.2 Å². The van der Waals surface area contributed by atoms with Gasteiger partial charge in [-0.1, -0.05) is 24.1 Å². The first-order chi connectivity index (χ1) is 15.4. The van der Waals surface area contributed by atoms with Gasteiger partial charge in [-0.15, -0.1) is 0 Å². The largest absolute Gasteiger partial charge is 0.376 e. The summed E-state index contributed by atoms with van der Waals surface area (Å²) < 4.78 is 28.8. The Labute approximate surface area is 191 Å². The highest BCUT2D eigenvalue weighted by molar-refractivity contribution is 7.89. The number of benzene rings is 2. The smallest absolute Gasteiger partial charge is 0.243 e. The number of carbonyl (C=O) groups excluding carboxylic acids is 1. The quantitative estimate of drug-likeness (QED) is 0.544. The molecule has 32 heavy (non-hydrogen) atoms. The molecule has 9 nitrogen and oxygen atoms in total. The van der Waals surface area contributed by atoms with Crippen LogP contribution in [0.5, 0.6) is 0 Å². The van der Waals surface area contributed by atoms with Crippen LogP contribution in [0.2, 0.25) is 5.02 Å². The van der Waals surface area contributed by atoms with Crippen molar-refractivity contribution in [2.24, 2.45) is 0 Å². The molecular weight excluding hydrogens is 452 g/mol. The molecule has 1 aliphatic rings. The molecule has 1 saturated heterocycles. The van der Waals surface area contributed by atoms with Crippen molar-refractivity contribution in [1.29, 1.82) is 0 Å². The number of hydrogen-bond acceptors (Lipinski definition) is 6. The van der Waals surface area contributed by atoms with E-state index in [0.29, 0.717) is 35.2 Å². The number of nitrogens with one attached hydrogen (secondary N) is 2. The minimum absolute atomic E-state index is 0.0590. The van der Waals surface area contributed by atoms with Gasteiger partial charge >= 0.3 is 0 Å². The van der Waals surface area contributed by atoms with Gasteiger partial charge in [0.2, 0.25) is 15.9 Å². The first-order valence-corrected chi connectivity index (χ1v) is 12.0. The molecule has 0 bridgehead atoms. The lowest BCUT2D eigenvalue weighted by Crippen LogP contribution is -2.35. The van der Waals surface area contributed by atoms with Gasteiger partial charge in [0.1, 0.15) is 12.7 Å². The summed E-state index contributed by atoms with van der Waals surface area (Å²) in [5.74, 6) is -0.321. The van der Waals surface area contributed by atoms with Crippen LogP contribution in [0.3, 0.4) is 0 Å². The van der Waals surface area contributed by atoms with Crippen molar-refractivity contribution in [3.63, 3.8) is 0 Å². The maximum absolute atomic E-state index is 12.9. The van der Waals surface area contributed by atoms with Crippen LogP contribution in [0.1, 0.15) is 19.3 Å². The summed E-state index contributed by atoms with van der Waals surface area (Å²) >= 11 is 6.09. The normalized spacial score (nSPS) is 14.8. The molecule has 2 heterocycles. The predicted molar refractivity (Wildman–Crippen MR) is 123 cm³/mol. The molecule has 2 aromatic carbocycles. The van der Waals surface area contributed by atoms with E-state index in [9.17, 15) is 13.2 Å². The third-order valence-corrected chi connectivity index (χ3v) is 7.27. The van der Waals surface area contributed by atoms with Crippen LogP contribution >= 0.6 is 11.6 Å². The van der Waals surface area contributed by atoms with E-state index in [1.807, 2.05) is 0 Å². The molecule has 1 aromatic heterocycles. The van der Waals surface area contributed by atoms with Gasteiger partial charge in [0, 0.05) is 23.8 Å². The Morgan fingerprint density at radius 1 is 1.09 bits per heavy atom. The van der Waals surface area contributed by atoms with Gasteiger partial charge in [-0.3, -0.25) is 4.79 Å². The monoisotopic (exact) mass is 474 g/mol. The Morgan fingerprint density at radius 3 is 2.66 bits per heavy atom. The van der Waals surface area contributed by atoms with Crippen molar-refractivity contribution in [2.75, 3.05) is 30.3 Å². The second-order valence-corrected chi connectivity index (χ2v) is 9.77. The minimum Gasteiger partial charge on any atom is -0.376 e. The summed E-state index contributed by atoms with van der Waals surface area (Å²) in [6, 6.07) is 11.6. The Balaban J connectivity index is 1.43. The third kappa shape index (κ3) is 5.09. The van der Waals surface area contributed by atoms with E-state index in [4.69, 9.17) is 11.6 Å². The summed E-state index contributed by atoms with van der Waals surface area (Å²) in [5.41, 5.74) is 1.65. The highest BCUT2D eigenvalue weighted by atomic mass is 35.5. The second kappa shape index (κ2) is 9.68. The molecule has 168 valence electrons. The molecule has 3 aromatic rings. The van der Waals surface area contributed by atoms with Crippen molar-refractivity contribution < 1.29 is 13.2 Å². The van der Waals surface area contributed by atoms with Crippen molar-refractivity contribution >= 4 is 38.9 Å². The van der Waals surface area contributed by atoms with Crippen LogP contribution in [0.25, 0.3) is 5.69 Å². The molecule has 0 saturated carbocycles. The molecule has 1 aliphatic heterocycles. The third-order valence-electron chi connectivity index (χ3n) is 5.14. The number of amides is 1. The molecule has 4 rings (SSSR count). The van der Waals surface area contributed by atoms with E-state index in [1.54, 1.807) is 42.5 Å². The lowest BCUT2D eigenvalue weighted by atomic mass is 10.2. The lowest BCUT2D eigenvalue weighted by Gasteiger charge is -2.26. The highest BCUT2D eigenvalue weighted by Crippen LogP contribution is 2.25. The summed E-state index contributed by atoms with van der Waals surface area (Å²) in [6.45, 7) is 1.02. The Kier molecular flexibility index (Phi) is 6.73. The SMILES string of the molecule is O=C(CNc1cccc(S(=O)(=O)N2CCCCC2)c1)Nc1cc(Cl)ccc1-n1cncn1. The molecule has 0 radical (unpaired) electrons. The van der Waals surface area contributed by atoms with Gasteiger partial charge in [-0.2, -0.15) is 9.40 Å². The van der Waals surface area contributed by atoms with E-state index in [-0.39, 0.29) is 17.3 Å². The Bertz CT molecular complexity index is 1190. The zero-order valence-corrected chi connectivity index (χ0v) is 18.8. The fourth-order valence-corrected chi connectivity index (χ4v) is 5.27. The molecule has 0 unspecified atom stereocenters. The average molecular weight is 475 g/mol. The van der Waals surface area contributed by atoms with Crippen LogP contribution in [-0.2, 0) is 14.8 Å². The van der Waals surface area contributed by atoms with E-state index in [0.717, 1.165) is 19.3 Å². The molecule has 0 spiro atoms. The highest BCUT2D eigenvalue weighted by Gasteiger charge is 2.26. The minimum atomic E-state index is -3.54.